The van der Waals surface area contributed by atoms with Gasteiger partial charge in [-0.05, 0) is 18.2 Å². The Morgan fingerprint density at radius 3 is 2.69 bits per heavy atom. The molecule has 0 unspecified atom stereocenters. The normalized spacial score (nSPS) is 11.4. The topological polar surface area (TPSA) is 84.2 Å². The lowest BCUT2D eigenvalue weighted by Crippen LogP contribution is -2.27. The second kappa shape index (κ2) is 5.13. The van der Waals surface area contributed by atoms with Gasteiger partial charge in [0.2, 0.25) is 10.0 Å². The molecule has 16 heavy (non-hydrogen) atoms. The van der Waals surface area contributed by atoms with Gasteiger partial charge in [-0.1, -0.05) is 0 Å². The molecule has 0 aromatic heterocycles. The van der Waals surface area contributed by atoms with Gasteiger partial charge < -0.3 is 11.1 Å². The zero-order chi connectivity index (χ0) is 12.2. The van der Waals surface area contributed by atoms with Crippen molar-refractivity contribution < 1.29 is 12.8 Å². The number of rotatable bonds is 5. The van der Waals surface area contributed by atoms with Crippen LogP contribution in [0.1, 0.15) is 0 Å². The summed E-state index contributed by atoms with van der Waals surface area (Å²) >= 11 is 0. The molecule has 1 aromatic rings. The standard InChI is InChI=1S/C9H14FN3O2S/c1-16(14,15)13-5-4-12-9-6-7(10)2-3-8(9)11/h2-3,6,12-13H,4-5,11H2,1H3. The highest BCUT2D eigenvalue weighted by Gasteiger charge is 2.02. The van der Waals surface area contributed by atoms with Crippen LogP contribution in [-0.4, -0.2) is 27.8 Å². The SMILES string of the molecule is CS(=O)(=O)NCCNc1cc(F)ccc1N. The van der Waals surface area contributed by atoms with Crippen LogP contribution in [0.15, 0.2) is 18.2 Å². The molecular weight excluding hydrogens is 233 g/mol. The Hall–Kier alpha value is -1.34. The molecule has 1 aromatic carbocycles. The molecule has 90 valence electrons. The van der Waals surface area contributed by atoms with Crippen molar-refractivity contribution in [3.05, 3.63) is 24.0 Å². The third-order valence-electron chi connectivity index (χ3n) is 1.82. The molecule has 0 amide bonds. The number of halogens is 1. The lowest BCUT2D eigenvalue weighted by Gasteiger charge is -2.09. The van der Waals surface area contributed by atoms with E-state index >= 15 is 0 Å². The van der Waals surface area contributed by atoms with Crippen molar-refractivity contribution in [2.75, 3.05) is 30.4 Å². The lowest BCUT2D eigenvalue weighted by atomic mass is 10.2. The van der Waals surface area contributed by atoms with Crippen LogP contribution in [0.4, 0.5) is 15.8 Å². The molecule has 0 aliphatic heterocycles. The monoisotopic (exact) mass is 247 g/mol. The highest BCUT2D eigenvalue weighted by molar-refractivity contribution is 7.88. The molecule has 0 aliphatic carbocycles. The van der Waals surface area contributed by atoms with E-state index in [0.29, 0.717) is 17.9 Å². The average molecular weight is 247 g/mol. The molecule has 4 N–H and O–H groups in total. The van der Waals surface area contributed by atoms with Crippen molar-refractivity contribution in [1.29, 1.82) is 0 Å². The van der Waals surface area contributed by atoms with Gasteiger partial charge in [0.05, 0.1) is 17.6 Å². The number of hydrogen-bond donors (Lipinski definition) is 3. The quantitative estimate of drug-likeness (QED) is 0.518. The fourth-order valence-electron chi connectivity index (χ4n) is 1.12. The van der Waals surface area contributed by atoms with Gasteiger partial charge in [0.15, 0.2) is 0 Å². The van der Waals surface area contributed by atoms with Gasteiger partial charge in [-0.2, -0.15) is 0 Å². The second-order valence-corrected chi connectivity index (χ2v) is 5.16. The zero-order valence-corrected chi connectivity index (χ0v) is 9.64. The first-order valence-electron chi connectivity index (χ1n) is 4.62. The summed E-state index contributed by atoms with van der Waals surface area (Å²) in [6, 6.07) is 3.96. The maximum atomic E-state index is 12.8. The number of nitrogens with one attached hydrogen (secondary N) is 2. The molecule has 7 heteroatoms. The Morgan fingerprint density at radius 2 is 2.06 bits per heavy atom. The van der Waals surface area contributed by atoms with E-state index in [1.807, 2.05) is 0 Å². The summed E-state index contributed by atoms with van der Waals surface area (Å²) in [6.07, 6.45) is 1.07. The lowest BCUT2D eigenvalue weighted by molar-refractivity contribution is 0.589. The molecule has 0 atom stereocenters. The van der Waals surface area contributed by atoms with Crippen LogP contribution in [0, 0.1) is 5.82 Å². The van der Waals surface area contributed by atoms with Crippen molar-refractivity contribution >= 4 is 21.4 Å². The molecule has 5 nitrogen and oxygen atoms in total. The van der Waals surface area contributed by atoms with Crippen LogP contribution < -0.4 is 15.8 Å². The van der Waals surface area contributed by atoms with E-state index in [-0.39, 0.29) is 6.54 Å². The first-order chi connectivity index (χ1) is 7.38. The molecule has 0 aliphatic rings. The first kappa shape index (κ1) is 12.7. The summed E-state index contributed by atoms with van der Waals surface area (Å²) in [5.41, 5.74) is 6.46. The summed E-state index contributed by atoms with van der Waals surface area (Å²) in [4.78, 5) is 0. The maximum absolute atomic E-state index is 12.8. The number of nitrogens with two attached hydrogens (primary N) is 1. The second-order valence-electron chi connectivity index (χ2n) is 3.32. The fourth-order valence-corrected chi connectivity index (χ4v) is 1.59. The summed E-state index contributed by atoms with van der Waals surface area (Å²) < 4.78 is 36.6. The summed E-state index contributed by atoms with van der Waals surface area (Å²) in [5.74, 6) is -0.396. The van der Waals surface area contributed by atoms with Crippen molar-refractivity contribution in [2.45, 2.75) is 0 Å². The number of hydrogen-bond acceptors (Lipinski definition) is 4. The van der Waals surface area contributed by atoms with Gasteiger partial charge in [-0.25, -0.2) is 17.5 Å². The highest BCUT2D eigenvalue weighted by Crippen LogP contribution is 2.18. The highest BCUT2D eigenvalue weighted by atomic mass is 32.2. The summed E-state index contributed by atoms with van der Waals surface area (Å²) in [5, 5.41) is 2.83. The Kier molecular flexibility index (Phi) is 4.08. The molecule has 0 bridgehead atoms. The molecule has 0 saturated heterocycles. The maximum Gasteiger partial charge on any atom is 0.208 e. The average Bonchev–Trinajstić information content (AvgIpc) is 2.16. The molecule has 0 heterocycles. The minimum atomic E-state index is -3.19. The van der Waals surface area contributed by atoms with E-state index in [2.05, 4.69) is 10.0 Å². The predicted octanol–water partition coefficient (Wildman–Crippen LogP) is 0.369. The summed E-state index contributed by atoms with van der Waals surface area (Å²) in [7, 11) is -3.19. The van der Waals surface area contributed by atoms with E-state index in [1.54, 1.807) is 0 Å². The van der Waals surface area contributed by atoms with Gasteiger partial charge >= 0.3 is 0 Å². The molecule has 0 fully saturated rings. The van der Waals surface area contributed by atoms with E-state index < -0.39 is 15.8 Å². The number of nitrogen functional groups attached to an aromatic ring is 1. The van der Waals surface area contributed by atoms with Gasteiger partial charge in [0.25, 0.3) is 0 Å². The third kappa shape index (κ3) is 4.45. The smallest absolute Gasteiger partial charge is 0.208 e. The summed E-state index contributed by atoms with van der Waals surface area (Å²) in [6.45, 7) is 0.551. The van der Waals surface area contributed by atoms with Crippen molar-refractivity contribution in [1.82, 2.24) is 4.72 Å². The van der Waals surface area contributed by atoms with Crippen molar-refractivity contribution in [3.8, 4) is 0 Å². The number of anilines is 2. The molecular formula is C9H14FN3O2S. The van der Waals surface area contributed by atoms with Gasteiger partial charge in [0.1, 0.15) is 5.82 Å². The molecule has 0 spiro atoms. The third-order valence-corrected chi connectivity index (χ3v) is 2.55. The van der Waals surface area contributed by atoms with Gasteiger partial charge in [-0.15, -0.1) is 0 Å². The molecule has 1 rings (SSSR count). The minimum absolute atomic E-state index is 0.217. The first-order valence-corrected chi connectivity index (χ1v) is 6.51. The van der Waals surface area contributed by atoms with Crippen molar-refractivity contribution in [2.24, 2.45) is 0 Å². The van der Waals surface area contributed by atoms with Crippen LogP contribution in [0.2, 0.25) is 0 Å². The zero-order valence-electron chi connectivity index (χ0n) is 8.83. The Labute approximate surface area is 93.9 Å². The minimum Gasteiger partial charge on any atom is -0.397 e. The molecule has 0 saturated carbocycles. The molecule has 0 radical (unpaired) electrons. The Balaban J connectivity index is 2.46. The van der Waals surface area contributed by atoms with Gasteiger partial charge in [-0.3, -0.25) is 0 Å². The van der Waals surface area contributed by atoms with Crippen LogP contribution in [0.3, 0.4) is 0 Å². The van der Waals surface area contributed by atoms with E-state index in [9.17, 15) is 12.8 Å². The van der Waals surface area contributed by atoms with Crippen LogP contribution in [-0.2, 0) is 10.0 Å². The van der Waals surface area contributed by atoms with Crippen LogP contribution >= 0.6 is 0 Å². The van der Waals surface area contributed by atoms with Crippen LogP contribution in [0.5, 0.6) is 0 Å². The van der Waals surface area contributed by atoms with E-state index in [1.165, 1.54) is 18.2 Å². The van der Waals surface area contributed by atoms with E-state index in [0.717, 1.165) is 6.26 Å². The van der Waals surface area contributed by atoms with Crippen molar-refractivity contribution in [3.63, 3.8) is 0 Å². The fraction of sp³-hybridized carbons (Fsp3) is 0.333. The Morgan fingerprint density at radius 1 is 1.38 bits per heavy atom. The predicted molar refractivity (Wildman–Crippen MR) is 62.1 cm³/mol. The van der Waals surface area contributed by atoms with E-state index in [4.69, 9.17) is 5.73 Å². The van der Waals surface area contributed by atoms with Gasteiger partial charge in [0, 0.05) is 13.1 Å². The van der Waals surface area contributed by atoms with Crippen LogP contribution in [0.25, 0.3) is 0 Å². The number of sulfonamides is 1. The largest absolute Gasteiger partial charge is 0.397 e. The number of benzene rings is 1. The Bertz CT molecular complexity index is 462.